The average molecular weight is 321 g/mol. The number of carbonyl (C=O) groups excluding carboxylic acids is 1. The second kappa shape index (κ2) is 5.82. The van der Waals surface area contributed by atoms with Gasteiger partial charge in [0.05, 0.1) is 21.2 Å². The number of hydrogen-bond donors (Lipinski definition) is 2. The van der Waals surface area contributed by atoms with Gasteiger partial charge in [0.15, 0.2) is 5.16 Å². The second-order valence-corrected chi connectivity index (χ2v) is 6.83. The minimum Gasteiger partial charge on any atom is -0.369 e. The van der Waals surface area contributed by atoms with Crippen molar-refractivity contribution in [3.8, 4) is 21.1 Å². The standard InChI is InChI=1S/C13H11N3OS3/c14-10(17)7-20-13-15-11(8-3-1-5-18-8)12(16-13)9-4-2-6-19-9/h1-6H,7H2,(H2,14,17)(H,15,16). The third kappa shape index (κ3) is 2.79. The van der Waals surface area contributed by atoms with E-state index in [1.54, 1.807) is 22.7 Å². The molecule has 0 fully saturated rings. The fraction of sp³-hybridized carbons (Fsp3) is 0.0769. The van der Waals surface area contributed by atoms with Crippen LogP contribution < -0.4 is 5.73 Å². The fourth-order valence-corrected chi connectivity index (χ4v) is 3.81. The monoisotopic (exact) mass is 321 g/mol. The van der Waals surface area contributed by atoms with Crippen LogP contribution in [0.3, 0.4) is 0 Å². The summed E-state index contributed by atoms with van der Waals surface area (Å²) < 4.78 is 0. The van der Waals surface area contributed by atoms with Gasteiger partial charge < -0.3 is 10.7 Å². The van der Waals surface area contributed by atoms with Crippen molar-refractivity contribution in [2.45, 2.75) is 5.16 Å². The zero-order valence-electron chi connectivity index (χ0n) is 10.3. The van der Waals surface area contributed by atoms with Gasteiger partial charge in [0.25, 0.3) is 0 Å². The van der Waals surface area contributed by atoms with E-state index in [9.17, 15) is 4.79 Å². The van der Waals surface area contributed by atoms with Crippen molar-refractivity contribution in [2.24, 2.45) is 5.73 Å². The van der Waals surface area contributed by atoms with Crippen molar-refractivity contribution in [3.05, 3.63) is 35.0 Å². The van der Waals surface area contributed by atoms with Gasteiger partial charge in [-0.1, -0.05) is 23.9 Å². The molecule has 0 atom stereocenters. The largest absolute Gasteiger partial charge is 0.369 e. The number of aromatic nitrogens is 2. The van der Waals surface area contributed by atoms with Gasteiger partial charge >= 0.3 is 0 Å². The number of primary amides is 1. The summed E-state index contributed by atoms with van der Waals surface area (Å²) in [4.78, 5) is 21.0. The number of nitrogens with one attached hydrogen (secondary N) is 1. The normalized spacial score (nSPS) is 10.8. The Labute approximate surface area is 128 Å². The number of H-pyrrole nitrogens is 1. The molecule has 3 aromatic heterocycles. The molecule has 0 aromatic carbocycles. The first kappa shape index (κ1) is 13.4. The zero-order chi connectivity index (χ0) is 13.9. The van der Waals surface area contributed by atoms with E-state index in [2.05, 4.69) is 16.0 Å². The highest BCUT2D eigenvalue weighted by atomic mass is 32.2. The smallest absolute Gasteiger partial charge is 0.227 e. The van der Waals surface area contributed by atoms with Crippen LogP contribution in [0.5, 0.6) is 0 Å². The van der Waals surface area contributed by atoms with Crippen LogP contribution >= 0.6 is 34.4 Å². The molecule has 7 heteroatoms. The van der Waals surface area contributed by atoms with Gasteiger partial charge in [-0.2, -0.15) is 0 Å². The van der Waals surface area contributed by atoms with E-state index >= 15 is 0 Å². The molecule has 0 aliphatic carbocycles. The molecule has 0 radical (unpaired) electrons. The summed E-state index contributed by atoms with van der Waals surface area (Å²) in [6, 6.07) is 8.11. The summed E-state index contributed by atoms with van der Waals surface area (Å²) in [5, 5.41) is 4.78. The maximum absolute atomic E-state index is 10.9. The highest BCUT2D eigenvalue weighted by Gasteiger charge is 2.16. The molecule has 0 bridgehead atoms. The molecular weight excluding hydrogens is 310 g/mol. The third-order valence-electron chi connectivity index (χ3n) is 2.56. The summed E-state index contributed by atoms with van der Waals surface area (Å²) >= 11 is 4.63. The number of amides is 1. The van der Waals surface area contributed by atoms with Crippen molar-refractivity contribution < 1.29 is 4.79 Å². The zero-order valence-corrected chi connectivity index (χ0v) is 12.8. The number of nitrogens with zero attached hydrogens (tertiary/aromatic N) is 1. The molecule has 3 aromatic rings. The van der Waals surface area contributed by atoms with E-state index in [4.69, 9.17) is 5.73 Å². The van der Waals surface area contributed by atoms with Gasteiger partial charge in [-0.3, -0.25) is 4.79 Å². The van der Waals surface area contributed by atoms with Crippen molar-refractivity contribution in [2.75, 3.05) is 5.75 Å². The van der Waals surface area contributed by atoms with Crippen molar-refractivity contribution >= 4 is 40.3 Å². The number of nitrogens with two attached hydrogens (primary N) is 1. The number of rotatable bonds is 5. The van der Waals surface area contributed by atoms with E-state index in [-0.39, 0.29) is 11.7 Å². The van der Waals surface area contributed by atoms with Gasteiger partial charge in [0.1, 0.15) is 5.69 Å². The Balaban J connectivity index is 2.00. The Morgan fingerprint density at radius 3 is 2.55 bits per heavy atom. The van der Waals surface area contributed by atoms with Crippen LogP contribution in [-0.4, -0.2) is 21.6 Å². The van der Waals surface area contributed by atoms with E-state index in [1.807, 2.05) is 29.0 Å². The molecule has 4 nitrogen and oxygen atoms in total. The minimum absolute atomic E-state index is 0.223. The average Bonchev–Trinajstić information content (AvgIpc) is 3.15. The molecule has 3 N–H and O–H groups in total. The fourth-order valence-electron chi connectivity index (χ4n) is 1.75. The Kier molecular flexibility index (Phi) is 3.90. The van der Waals surface area contributed by atoms with Crippen LogP contribution in [0.2, 0.25) is 0 Å². The minimum atomic E-state index is -0.346. The van der Waals surface area contributed by atoms with Crippen LogP contribution in [0, 0.1) is 0 Å². The molecular formula is C13H11N3OS3. The molecule has 0 saturated heterocycles. The van der Waals surface area contributed by atoms with E-state index in [0.29, 0.717) is 0 Å². The highest BCUT2D eigenvalue weighted by Crippen LogP contribution is 2.36. The predicted molar refractivity (Wildman–Crippen MR) is 85.1 cm³/mol. The summed E-state index contributed by atoms with van der Waals surface area (Å²) in [7, 11) is 0. The van der Waals surface area contributed by atoms with Gasteiger partial charge in [-0.05, 0) is 22.9 Å². The Hall–Kier alpha value is -1.57. The number of aromatic amines is 1. The molecule has 102 valence electrons. The van der Waals surface area contributed by atoms with Crippen molar-refractivity contribution in [1.82, 2.24) is 9.97 Å². The number of thioether (sulfide) groups is 1. The maximum Gasteiger partial charge on any atom is 0.227 e. The molecule has 0 saturated carbocycles. The lowest BCUT2D eigenvalue weighted by molar-refractivity contribution is -0.115. The molecule has 20 heavy (non-hydrogen) atoms. The Bertz CT molecular complexity index is 650. The number of carbonyl (C=O) groups is 1. The van der Waals surface area contributed by atoms with Gasteiger partial charge in [-0.15, -0.1) is 22.7 Å². The summed E-state index contributed by atoms with van der Waals surface area (Å²) in [5.74, 6) is -0.122. The first-order valence-corrected chi connectivity index (χ1v) is 8.57. The maximum atomic E-state index is 10.9. The van der Waals surface area contributed by atoms with Gasteiger partial charge in [0, 0.05) is 0 Å². The molecule has 0 unspecified atom stereocenters. The van der Waals surface area contributed by atoms with Gasteiger partial charge in [0.2, 0.25) is 5.91 Å². The highest BCUT2D eigenvalue weighted by molar-refractivity contribution is 7.99. The van der Waals surface area contributed by atoms with Gasteiger partial charge in [-0.25, -0.2) is 4.98 Å². The molecule has 3 rings (SSSR count). The lowest BCUT2D eigenvalue weighted by Crippen LogP contribution is -2.13. The lowest BCUT2D eigenvalue weighted by Gasteiger charge is -1.96. The number of thiophene rings is 2. The van der Waals surface area contributed by atoms with E-state index in [1.165, 1.54) is 11.8 Å². The Morgan fingerprint density at radius 2 is 1.95 bits per heavy atom. The van der Waals surface area contributed by atoms with Crippen molar-refractivity contribution in [3.63, 3.8) is 0 Å². The molecule has 0 spiro atoms. The first-order chi connectivity index (χ1) is 9.74. The molecule has 0 aliphatic rings. The van der Waals surface area contributed by atoms with Crippen LogP contribution in [0.25, 0.3) is 21.1 Å². The predicted octanol–water partition coefficient (Wildman–Crippen LogP) is 3.44. The first-order valence-electron chi connectivity index (χ1n) is 5.83. The van der Waals surface area contributed by atoms with Crippen LogP contribution in [0.15, 0.2) is 40.2 Å². The van der Waals surface area contributed by atoms with Crippen molar-refractivity contribution in [1.29, 1.82) is 0 Å². The van der Waals surface area contributed by atoms with E-state index < -0.39 is 0 Å². The summed E-state index contributed by atoms with van der Waals surface area (Å²) in [6.07, 6.45) is 0. The van der Waals surface area contributed by atoms with Crippen LogP contribution in [-0.2, 0) is 4.79 Å². The topological polar surface area (TPSA) is 71.8 Å². The van der Waals surface area contributed by atoms with Crippen LogP contribution in [0.4, 0.5) is 0 Å². The SMILES string of the molecule is NC(=O)CSc1nc(-c2cccs2)c(-c2cccs2)[nH]1. The molecule has 3 heterocycles. The number of hydrogen-bond acceptors (Lipinski definition) is 5. The summed E-state index contributed by atoms with van der Waals surface area (Å²) in [6.45, 7) is 0. The lowest BCUT2D eigenvalue weighted by atomic mass is 10.2. The second-order valence-electron chi connectivity index (χ2n) is 3.98. The number of imidazole rings is 1. The van der Waals surface area contributed by atoms with Crippen LogP contribution in [0.1, 0.15) is 0 Å². The molecule has 0 aliphatic heterocycles. The Morgan fingerprint density at radius 1 is 1.25 bits per heavy atom. The summed E-state index contributed by atoms with van der Waals surface area (Å²) in [5.41, 5.74) is 7.10. The molecule has 1 amide bonds. The third-order valence-corrected chi connectivity index (χ3v) is 5.21. The van der Waals surface area contributed by atoms with E-state index in [0.717, 1.165) is 26.3 Å². The quantitative estimate of drug-likeness (QED) is 0.707.